The van der Waals surface area contributed by atoms with E-state index in [1.807, 2.05) is 0 Å². The molecule has 1 aromatic heterocycles. The van der Waals surface area contributed by atoms with Crippen LogP contribution in [0.15, 0.2) is 46.0 Å². The molecule has 1 fully saturated rings. The zero-order chi connectivity index (χ0) is 17.2. The number of hydrogen-bond acceptors (Lipinski definition) is 4. The number of urea groups is 1. The number of benzene rings is 1. The SMILES string of the molecule is O=C(Nc1ccc(F)cc1)N1CCN(S(=O)(=O)c2cccs2)CC1. The molecule has 0 saturated carbocycles. The topological polar surface area (TPSA) is 69.7 Å². The van der Waals surface area contributed by atoms with Crippen LogP contribution in [0.25, 0.3) is 0 Å². The molecule has 0 spiro atoms. The zero-order valence-electron chi connectivity index (χ0n) is 12.7. The number of halogens is 1. The number of sulfonamides is 1. The van der Waals surface area contributed by atoms with Gasteiger partial charge in [0.15, 0.2) is 0 Å². The Morgan fingerprint density at radius 2 is 1.75 bits per heavy atom. The van der Waals surface area contributed by atoms with Crippen molar-refractivity contribution in [2.75, 3.05) is 31.5 Å². The fraction of sp³-hybridized carbons (Fsp3) is 0.267. The lowest BCUT2D eigenvalue weighted by molar-refractivity contribution is 0.184. The first-order valence-electron chi connectivity index (χ1n) is 7.32. The average molecular weight is 369 g/mol. The first kappa shape index (κ1) is 16.9. The van der Waals surface area contributed by atoms with Gasteiger partial charge in [-0.05, 0) is 35.7 Å². The van der Waals surface area contributed by atoms with Crippen molar-refractivity contribution in [1.82, 2.24) is 9.21 Å². The third-order valence-electron chi connectivity index (χ3n) is 3.71. The quantitative estimate of drug-likeness (QED) is 0.903. The summed E-state index contributed by atoms with van der Waals surface area (Å²) in [7, 11) is -3.48. The number of nitrogens with zero attached hydrogens (tertiary/aromatic N) is 2. The largest absolute Gasteiger partial charge is 0.322 e. The number of amides is 2. The Kier molecular flexibility index (Phi) is 4.83. The molecule has 0 bridgehead atoms. The number of rotatable bonds is 3. The molecule has 2 amide bonds. The van der Waals surface area contributed by atoms with Crippen molar-refractivity contribution in [1.29, 1.82) is 0 Å². The standard InChI is InChI=1S/C15H16FN3O3S2/c16-12-3-5-13(6-4-12)17-15(20)18-7-9-19(10-8-18)24(21,22)14-2-1-11-23-14/h1-6,11H,7-10H2,(H,17,20). The molecule has 128 valence electrons. The van der Waals surface area contributed by atoms with Gasteiger partial charge in [-0.3, -0.25) is 0 Å². The Morgan fingerprint density at radius 3 is 2.33 bits per heavy atom. The lowest BCUT2D eigenvalue weighted by atomic mass is 10.3. The van der Waals surface area contributed by atoms with Crippen LogP contribution < -0.4 is 5.32 Å². The number of hydrogen-bond donors (Lipinski definition) is 1. The molecule has 1 saturated heterocycles. The maximum absolute atomic E-state index is 12.9. The van der Waals surface area contributed by atoms with Crippen molar-refractivity contribution >= 4 is 33.1 Å². The molecule has 6 nitrogen and oxygen atoms in total. The highest BCUT2D eigenvalue weighted by atomic mass is 32.2. The van der Waals surface area contributed by atoms with Crippen LogP contribution in [0.2, 0.25) is 0 Å². The van der Waals surface area contributed by atoms with E-state index in [2.05, 4.69) is 5.32 Å². The number of anilines is 1. The van der Waals surface area contributed by atoms with Gasteiger partial charge in [0.2, 0.25) is 0 Å². The molecule has 1 aliphatic rings. The number of nitrogens with one attached hydrogen (secondary N) is 1. The van der Waals surface area contributed by atoms with Gasteiger partial charge in [0.1, 0.15) is 10.0 Å². The van der Waals surface area contributed by atoms with E-state index in [0.717, 1.165) is 0 Å². The monoisotopic (exact) mass is 369 g/mol. The van der Waals surface area contributed by atoms with E-state index in [0.29, 0.717) is 23.0 Å². The molecule has 24 heavy (non-hydrogen) atoms. The van der Waals surface area contributed by atoms with Gasteiger partial charge in [-0.15, -0.1) is 11.3 Å². The van der Waals surface area contributed by atoms with Crippen LogP contribution in [0.1, 0.15) is 0 Å². The lowest BCUT2D eigenvalue weighted by Gasteiger charge is -2.33. The van der Waals surface area contributed by atoms with E-state index in [1.165, 1.54) is 39.9 Å². The molecule has 0 aliphatic carbocycles. The summed E-state index contributed by atoms with van der Waals surface area (Å²) < 4.78 is 39.4. The van der Waals surface area contributed by atoms with Gasteiger partial charge < -0.3 is 10.2 Å². The second kappa shape index (κ2) is 6.88. The Bertz CT molecular complexity index is 799. The second-order valence-corrected chi connectivity index (χ2v) is 8.37. The summed E-state index contributed by atoms with van der Waals surface area (Å²) in [4.78, 5) is 13.7. The maximum atomic E-state index is 12.9. The van der Waals surface area contributed by atoms with Crippen molar-refractivity contribution in [3.8, 4) is 0 Å². The van der Waals surface area contributed by atoms with Crippen molar-refractivity contribution < 1.29 is 17.6 Å². The van der Waals surface area contributed by atoms with Crippen LogP contribution in [0, 0.1) is 5.82 Å². The molecule has 0 radical (unpaired) electrons. The van der Waals surface area contributed by atoms with Crippen LogP contribution in [0.5, 0.6) is 0 Å². The maximum Gasteiger partial charge on any atom is 0.321 e. The van der Waals surface area contributed by atoms with Gasteiger partial charge in [0, 0.05) is 31.9 Å². The van der Waals surface area contributed by atoms with E-state index in [4.69, 9.17) is 0 Å². The summed E-state index contributed by atoms with van der Waals surface area (Å²) in [6.45, 7) is 1.10. The summed E-state index contributed by atoms with van der Waals surface area (Å²) in [5.41, 5.74) is 0.495. The van der Waals surface area contributed by atoms with Crippen molar-refractivity contribution in [2.24, 2.45) is 0 Å². The predicted molar refractivity (Wildman–Crippen MR) is 90.1 cm³/mol. The Morgan fingerprint density at radius 1 is 1.08 bits per heavy atom. The molecule has 1 aromatic carbocycles. The molecular formula is C15H16FN3O3S2. The lowest BCUT2D eigenvalue weighted by Crippen LogP contribution is -2.51. The van der Waals surface area contributed by atoms with Gasteiger partial charge in [-0.2, -0.15) is 4.31 Å². The summed E-state index contributed by atoms with van der Waals surface area (Å²) >= 11 is 1.18. The van der Waals surface area contributed by atoms with Gasteiger partial charge in [0.25, 0.3) is 10.0 Å². The number of thiophene rings is 1. The first-order valence-corrected chi connectivity index (χ1v) is 9.64. The van der Waals surface area contributed by atoms with E-state index in [1.54, 1.807) is 22.4 Å². The summed E-state index contributed by atoms with van der Waals surface area (Å²) in [5, 5.41) is 4.40. The van der Waals surface area contributed by atoms with Crippen LogP contribution in [-0.2, 0) is 10.0 Å². The van der Waals surface area contributed by atoms with E-state index < -0.39 is 10.0 Å². The highest BCUT2D eigenvalue weighted by Crippen LogP contribution is 2.22. The Hall–Kier alpha value is -1.97. The van der Waals surface area contributed by atoms with Crippen molar-refractivity contribution in [3.05, 3.63) is 47.6 Å². The molecule has 2 aromatic rings. The normalized spacial score (nSPS) is 16.1. The minimum absolute atomic E-state index is 0.247. The Labute approximate surface area is 143 Å². The molecule has 1 aliphatic heterocycles. The smallest absolute Gasteiger partial charge is 0.321 e. The van der Waals surface area contributed by atoms with E-state index in [9.17, 15) is 17.6 Å². The summed E-state index contributed by atoms with van der Waals surface area (Å²) in [5.74, 6) is -0.375. The second-order valence-electron chi connectivity index (χ2n) is 5.26. The number of carbonyl (C=O) groups excluding carboxylic acids is 1. The van der Waals surface area contributed by atoms with Crippen molar-refractivity contribution in [3.63, 3.8) is 0 Å². The highest BCUT2D eigenvalue weighted by Gasteiger charge is 2.30. The van der Waals surface area contributed by atoms with E-state index >= 15 is 0 Å². The van der Waals surface area contributed by atoms with Crippen LogP contribution in [0.4, 0.5) is 14.9 Å². The Balaban J connectivity index is 1.58. The molecule has 9 heteroatoms. The minimum Gasteiger partial charge on any atom is -0.322 e. The molecule has 2 heterocycles. The van der Waals surface area contributed by atoms with Crippen LogP contribution in [-0.4, -0.2) is 49.8 Å². The average Bonchev–Trinajstić information content (AvgIpc) is 3.12. The molecule has 0 unspecified atom stereocenters. The highest BCUT2D eigenvalue weighted by molar-refractivity contribution is 7.91. The molecule has 0 atom stereocenters. The predicted octanol–water partition coefficient (Wildman–Crippen LogP) is 2.43. The molecular weight excluding hydrogens is 353 g/mol. The number of carbonyl (C=O) groups is 1. The summed E-state index contributed by atoms with van der Waals surface area (Å²) in [6.07, 6.45) is 0. The van der Waals surface area contributed by atoms with Gasteiger partial charge >= 0.3 is 6.03 Å². The van der Waals surface area contributed by atoms with Gasteiger partial charge in [-0.1, -0.05) is 6.07 Å². The fourth-order valence-corrected chi connectivity index (χ4v) is 4.97. The fourth-order valence-electron chi connectivity index (χ4n) is 2.40. The molecule has 3 rings (SSSR count). The molecule has 1 N–H and O–H groups in total. The summed E-state index contributed by atoms with van der Waals surface area (Å²) in [6, 6.07) is 8.43. The van der Waals surface area contributed by atoms with Crippen LogP contribution >= 0.6 is 11.3 Å². The zero-order valence-corrected chi connectivity index (χ0v) is 14.3. The first-order chi connectivity index (χ1) is 11.5. The van der Waals surface area contributed by atoms with Crippen molar-refractivity contribution in [2.45, 2.75) is 4.21 Å². The van der Waals surface area contributed by atoms with Gasteiger partial charge in [0.05, 0.1) is 0 Å². The van der Waals surface area contributed by atoms with Crippen LogP contribution in [0.3, 0.4) is 0 Å². The number of piperazine rings is 1. The third kappa shape index (κ3) is 3.58. The van der Waals surface area contributed by atoms with E-state index in [-0.39, 0.29) is 24.9 Å². The minimum atomic E-state index is -3.48. The third-order valence-corrected chi connectivity index (χ3v) is 6.98. The van der Waals surface area contributed by atoms with Gasteiger partial charge in [-0.25, -0.2) is 17.6 Å².